The number of nitrogens with zero attached hydrogens (tertiary/aromatic N) is 1. The molecule has 0 aliphatic rings. The smallest absolute Gasteiger partial charge is 0.324 e. The molecule has 0 amide bonds. The van der Waals surface area contributed by atoms with Crippen molar-refractivity contribution in [1.29, 1.82) is 5.26 Å². The Bertz CT molecular complexity index is 197. The van der Waals surface area contributed by atoms with Crippen molar-refractivity contribution in [3.8, 4) is 18.4 Å². The molecule has 10 heavy (non-hydrogen) atoms. The molecule has 0 aromatic carbocycles. The van der Waals surface area contributed by atoms with Gasteiger partial charge in [-0.2, -0.15) is 5.26 Å². The van der Waals surface area contributed by atoms with Crippen LogP contribution < -0.4 is 0 Å². The number of carbonyl (C=O) groups is 1. The van der Waals surface area contributed by atoms with Crippen molar-refractivity contribution in [2.75, 3.05) is 7.11 Å². The first kappa shape index (κ1) is 8.52. The van der Waals surface area contributed by atoms with E-state index in [0.717, 1.165) is 0 Å². The van der Waals surface area contributed by atoms with E-state index in [1.165, 1.54) is 7.11 Å². The lowest BCUT2D eigenvalue weighted by molar-refractivity contribution is -0.143. The average molecular weight is 137 g/mol. The molecule has 1 unspecified atom stereocenters. The predicted octanol–water partition coefficient (Wildman–Crippen LogP) is 0.322. The van der Waals surface area contributed by atoms with Crippen LogP contribution in [0.3, 0.4) is 0 Å². The molecular formula is C7H7NO2. The molecule has 0 fully saturated rings. The quantitative estimate of drug-likeness (QED) is 0.407. The normalized spacial score (nSPS) is 10.7. The lowest BCUT2D eigenvalue weighted by atomic mass is 10.1. The van der Waals surface area contributed by atoms with Gasteiger partial charge in [-0.15, -0.1) is 12.3 Å². The topological polar surface area (TPSA) is 50.1 Å². The van der Waals surface area contributed by atoms with Crippen LogP contribution in [0.2, 0.25) is 0 Å². The number of carbonyl (C=O) groups excluding carboxylic acids is 1. The highest BCUT2D eigenvalue weighted by Crippen LogP contribution is 2.01. The summed E-state index contributed by atoms with van der Waals surface area (Å²) in [5.41, 5.74) is 0. The summed E-state index contributed by atoms with van der Waals surface area (Å²) in [7, 11) is 1.23. The van der Waals surface area contributed by atoms with Crippen LogP contribution in [0.1, 0.15) is 6.42 Å². The van der Waals surface area contributed by atoms with E-state index in [9.17, 15) is 4.79 Å². The number of terminal acetylenes is 1. The lowest BCUT2D eigenvalue weighted by Crippen LogP contribution is -2.13. The Morgan fingerprint density at radius 2 is 2.50 bits per heavy atom. The maximum atomic E-state index is 10.6. The maximum absolute atomic E-state index is 10.6. The van der Waals surface area contributed by atoms with E-state index in [1.54, 1.807) is 6.07 Å². The summed E-state index contributed by atoms with van der Waals surface area (Å²) in [6.45, 7) is 0. The molecular weight excluding hydrogens is 130 g/mol. The largest absolute Gasteiger partial charge is 0.468 e. The Morgan fingerprint density at radius 3 is 2.80 bits per heavy atom. The molecule has 3 heteroatoms. The van der Waals surface area contributed by atoms with Crippen molar-refractivity contribution >= 4 is 5.97 Å². The molecule has 0 spiro atoms. The minimum Gasteiger partial charge on any atom is -0.468 e. The van der Waals surface area contributed by atoms with Crippen molar-refractivity contribution < 1.29 is 9.53 Å². The molecule has 0 aliphatic heterocycles. The minimum absolute atomic E-state index is 0.114. The summed E-state index contributed by atoms with van der Waals surface area (Å²) in [6.07, 6.45) is 5.00. The van der Waals surface area contributed by atoms with Crippen molar-refractivity contribution in [1.82, 2.24) is 0 Å². The molecule has 0 aliphatic carbocycles. The summed E-state index contributed by atoms with van der Waals surface area (Å²) in [4.78, 5) is 10.6. The second-order valence-electron chi connectivity index (χ2n) is 1.61. The van der Waals surface area contributed by atoms with E-state index >= 15 is 0 Å². The van der Waals surface area contributed by atoms with Crippen LogP contribution in [0.5, 0.6) is 0 Å². The summed E-state index contributed by atoms with van der Waals surface area (Å²) in [5.74, 6) is 0.831. The summed E-state index contributed by atoms with van der Waals surface area (Å²) in [5, 5.41) is 8.31. The maximum Gasteiger partial charge on any atom is 0.324 e. The molecule has 0 heterocycles. The third-order valence-corrected chi connectivity index (χ3v) is 0.964. The van der Waals surface area contributed by atoms with Crippen molar-refractivity contribution in [3.05, 3.63) is 0 Å². The van der Waals surface area contributed by atoms with Crippen LogP contribution >= 0.6 is 0 Å². The van der Waals surface area contributed by atoms with Gasteiger partial charge in [0.05, 0.1) is 13.2 Å². The highest BCUT2D eigenvalue weighted by Gasteiger charge is 2.15. The predicted molar refractivity (Wildman–Crippen MR) is 34.6 cm³/mol. The fraction of sp³-hybridized carbons (Fsp3) is 0.429. The van der Waals surface area contributed by atoms with Crippen LogP contribution in [-0.4, -0.2) is 13.1 Å². The number of esters is 1. The first-order valence-corrected chi connectivity index (χ1v) is 2.67. The second kappa shape index (κ2) is 4.40. The number of ether oxygens (including phenoxy) is 1. The molecule has 0 aromatic rings. The monoisotopic (exact) mass is 137 g/mol. The molecule has 3 nitrogen and oxygen atoms in total. The SMILES string of the molecule is C#CCC(C#N)C(=O)OC. The summed E-state index contributed by atoms with van der Waals surface area (Å²) < 4.78 is 4.30. The molecule has 0 N–H and O–H groups in total. The van der Waals surface area contributed by atoms with Crippen LogP contribution in [0, 0.1) is 29.6 Å². The highest BCUT2D eigenvalue weighted by atomic mass is 16.5. The Kier molecular flexibility index (Phi) is 3.75. The fourth-order valence-electron chi connectivity index (χ4n) is 0.442. The zero-order chi connectivity index (χ0) is 7.98. The molecule has 52 valence electrons. The van der Waals surface area contributed by atoms with Crippen molar-refractivity contribution in [2.45, 2.75) is 6.42 Å². The fourth-order valence-corrected chi connectivity index (χ4v) is 0.442. The van der Waals surface area contributed by atoms with Gasteiger partial charge >= 0.3 is 5.97 Å². The van der Waals surface area contributed by atoms with Gasteiger partial charge < -0.3 is 4.74 Å². The van der Waals surface area contributed by atoms with E-state index in [2.05, 4.69) is 10.7 Å². The molecule has 0 saturated heterocycles. The van der Waals surface area contributed by atoms with E-state index in [4.69, 9.17) is 11.7 Å². The number of methoxy groups -OCH3 is 1. The van der Waals surface area contributed by atoms with Gasteiger partial charge in [-0.3, -0.25) is 4.79 Å². The second-order valence-corrected chi connectivity index (χ2v) is 1.61. The molecule has 0 radical (unpaired) electrons. The Labute approximate surface area is 59.6 Å². The Morgan fingerprint density at radius 1 is 1.90 bits per heavy atom. The number of nitriles is 1. The lowest BCUT2D eigenvalue weighted by Gasteiger charge is -1.99. The third-order valence-electron chi connectivity index (χ3n) is 0.964. The van der Waals surface area contributed by atoms with Gasteiger partial charge in [0, 0.05) is 6.42 Å². The number of rotatable bonds is 2. The number of hydrogen-bond acceptors (Lipinski definition) is 3. The van der Waals surface area contributed by atoms with Crippen molar-refractivity contribution in [3.63, 3.8) is 0 Å². The summed E-state index contributed by atoms with van der Waals surface area (Å²) in [6, 6.07) is 1.74. The summed E-state index contributed by atoms with van der Waals surface area (Å²) >= 11 is 0. The molecule has 0 rings (SSSR count). The van der Waals surface area contributed by atoms with Crippen LogP contribution in [-0.2, 0) is 9.53 Å². The standard InChI is InChI=1S/C7H7NO2/c1-3-4-6(5-8)7(9)10-2/h1,6H,4H2,2H3. The van der Waals surface area contributed by atoms with E-state index < -0.39 is 11.9 Å². The van der Waals surface area contributed by atoms with Gasteiger partial charge in [-0.25, -0.2) is 0 Å². The van der Waals surface area contributed by atoms with Gasteiger partial charge in [0.2, 0.25) is 0 Å². The van der Waals surface area contributed by atoms with Gasteiger partial charge in [0.25, 0.3) is 0 Å². The van der Waals surface area contributed by atoms with Crippen LogP contribution in [0.4, 0.5) is 0 Å². The van der Waals surface area contributed by atoms with Crippen LogP contribution in [0.15, 0.2) is 0 Å². The van der Waals surface area contributed by atoms with Gasteiger partial charge in [0.15, 0.2) is 5.92 Å². The Hall–Kier alpha value is -1.48. The molecule has 0 saturated carbocycles. The Balaban J connectivity index is 4.00. The van der Waals surface area contributed by atoms with Gasteiger partial charge in [0.1, 0.15) is 0 Å². The molecule has 0 aromatic heterocycles. The van der Waals surface area contributed by atoms with Crippen molar-refractivity contribution in [2.24, 2.45) is 5.92 Å². The zero-order valence-corrected chi connectivity index (χ0v) is 5.63. The first-order chi connectivity index (χ1) is 4.76. The van der Waals surface area contributed by atoms with Crippen LogP contribution in [0.25, 0.3) is 0 Å². The first-order valence-electron chi connectivity index (χ1n) is 2.67. The van der Waals surface area contributed by atoms with E-state index in [1.807, 2.05) is 0 Å². The number of hydrogen-bond donors (Lipinski definition) is 0. The minimum atomic E-state index is -0.810. The third kappa shape index (κ3) is 2.19. The highest BCUT2D eigenvalue weighted by molar-refractivity contribution is 5.75. The molecule has 0 bridgehead atoms. The van der Waals surface area contributed by atoms with E-state index in [-0.39, 0.29) is 6.42 Å². The molecule has 1 atom stereocenters. The van der Waals surface area contributed by atoms with Gasteiger partial charge in [-0.1, -0.05) is 0 Å². The van der Waals surface area contributed by atoms with E-state index in [0.29, 0.717) is 0 Å². The van der Waals surface area contributed by atoms with Gasteiger partial charge in [-0.05, 0) is 0 Å². The zero-order valence-electron chi connectivity index (χ0n) is 5.63. The average Bonchev–Trinajstić information content (AvgIpc) is 1.99.